The lowest BCUT2D eigenvalue weighted by molar-refractivity contribution is -0.177. The fraction of sp³-hybridized carbons (Fsp3) is 0.600. The maximum Gasteiger partial charge on any atom is 0.306 e. The van der Waals surface area contributed by atoms with E-state index in [4.69, 9.17) is 4.84 Å². The smallest absolute Gasteiger partial charge is 0.306 e. The second kappa shape index (κ2) is 15.9. The summed E-state index contributed by atoms with van der Waals surface area (Å²) in [5.41, 5.74) is 5.37. The minimum Gasteiger partial charge on any atom is -0.469 e. The van der Waals surface area contributed by atoms with Crippen LogP contribution in [0.4, 0.5) is 5.69 Å². The molecule has 4 aliphatic rings. The van der Waals surface area contributed by atoms with E-state index >= 15 is 0 Å². The average molecular weight is 720 g/mol. The highest BCUT2D eigenvalue weighted by Crippen LogP contribution is 2.61. The minimum atomic E-state index is -0.932. The summed E-state index contributed by atoms with van der Waals surface area (Å²) in [6, 6.07) is 10.9. The number of nitrogens with one attached hydrogen (secondary N) is 3. The van der Waals surface area contributed by atoms with Crippen LogP contribution >= 0.6 is 0 Å². The van der Waals surface area contributed by atoms with Crippen LogP contribution in [-0.4, -0.2) is 92.9 Å². The van der Waals surface area contributed by atoms with Gasteiger partial charge in [-0.1, -0.05) is 39.0 Å². The van der Waals surface area contributed by atoms with Crippen molar-refractivity contribution in [2.45, 2.75) is 91.1 Å². The second-order valence-electron chi connectivity index (χ2n) is 15.8. The molecule has 2 aromatic carbocycles. The number of ether oxygens (including phenoxy) is 1. The Bertz CT molecular complexity index is 1660. The molecule has 0 unspecified atom stereocenters. The third kappa shape index (κ3) is 7.99. The molecule has 8 atom stereocenters. The standard InChI is InChI=1S/C40H57N5O7/c1-22-25(11-10-12-30(22)26-15-27(38(49)41-6)17-29(16-26)44(7)8)21-45-37(39(50)43-32-19-28-18-31(23(32)2)40(28,4)5)36(24(3)46)33(52-45)20-42-34(47)13-14-35(48)51-9/h10-12,15-17,23-24,28,31-33,36-37,46H,13-14,18-21H2,1-9H3,(H,41,49)(H,42,47)(H,43,50)/t23-,24-,28+,31-,32-,33-,36+,37-/m0/s1. The van der Waals surface area contributed by atoms with Crippen LogP contribution in [0.5, 0.6) is 0 Å². The lowest BCUT2D eigenvalue weighted by Crippen LogP contribution is -2.62. The van der Waals surface area contributed by atoms with Gasteiger partial charge in [-0.2, -0.15) is 5.06 Å². The maximum atomic E-state index is 14.4. The highest BCUT2D eigenvalue weighted by molar-refractivity contribution is 5.97. The minimum absolute atomic E-state index is 0.0152. The fourth-order valence-corrected chi connectivity index (χ4v) is 8.76. The number of carbonyl (C=O) groups excluding carboxylic acids is 4. The first-order valence-electron chi connectivity index (χ1n) is 18.5. The predicted molar refractivity (Wildman–Crippen MR) is 199 cm³/mol. The second-order valence-corrected chi connectivity index (χ2v) is 15.8. The molecule has 12 nitrogen and oxygen atoms in total. The number of fused-ring (bicyclic) bond motifs is 2. The van der Waals surface area contributed by atoms with Crippen LogP contribution in [0.25, 0.3) is 11.1 Å². The van der Waals surface area contributed by atoms with E-state index in [1.165, 1.54) is 13.5 Å². The van der Waals surface area contributed by atoms with Crippen molar-refractivity contribution in [2.24, 2.45) is 29.1 Å². The van der Waals surface area contributed by atoms with Crippen molar-refractivity contribution in [3.8, 4) is 11.1 Å². The van der Waals surface area contributed by atoms with Gasteiger partial charge in [0.25, 0.3) is 5.91 Å². The Morgan fingerprint density at radius 3 is 2.46 bits per heavy atom. The summed E-state index contributed by atoms with van der Waals surface area (Å²) in [7, 11) is 6.75. The number of methoxy groups -OCH3 is 1. The van der Waals surface area contributed by atoms with Crippen LogP contribution < -0.4 is 20.9 Å². The third-order valence-corrected chi connectivity index (χ3v) is 12.2. The normalized spacial score (nSPS) is 26.8. The van der Waals surface area contributed by atoms with E-state index in [9.17, 15) is 24.3 Å². The van der Waals surface area contributed by atoms with Gasteiger partial charge in [-0.05, 0) is 90.3 Å². The monoisotopic (exact) mass is 719 g/mol. The van der Waals surface area contributed by atoms with Gasteiger partial charge >= 0.3 is 5.97 Å². The molecular formula is C40H57N5O7. The van der Waals surface area contributed by atoms with Crippen LogP contribution in [0.3, 0.4) is 0 Å². The molecule has 1 heterocycles. The molecule has 3 saturated carbocycles. The van der Waals surface area contributed by atoms with Crippen LogP contribution in [0.15, 0.2) is 36.4 Å². The van der Waals surface area contributed by atoms with Crippen molar-refractivity contribution in [3.63, 3.8) is 0 Å². The summed E-state index contributed by atoms with van der Waals surface area (Å²) < 4.78 is 4.66. The summed E-state index contributed by atoms with van der Waals surface area (Å²) >= 11 is 0. The molecule has 0 spiro atoms. The first-order chi connectivity index (χ1) is 24.6. The number of hydrogen-bond donors (Lipinski definition) is 4. The van der Waals surface area contributed by atoms with Gasteiger partial charge in [-0.25, -0.2) is 0 Å². The summed E-state index contributed by atoms with van der Waals surface area (Å²) in [5.74, 6) is -0.472. The largest absolute Gasteiger partial charge is 0.469 e. The van der Waals surface area contributed by atoms with E-state index in [0.717, 1.165) is 34.4 Å². The predicted octanol–water partition coefficient (Wildman–Crippen LogP) is 3.83. The molecule has 1 saturated heterocycles. The van der Waals surface area contributed by atoms with Gasteiger partial charge in [0.2, 0.25) is 11.8 Å². The van der Waals surface area contributed by atoms with Crippen LogP contribution in [0.2, 0.25) is 0 Å². The summed E-state index contributed by atoms with van der Waals surface area (Å²) in [5, 5.41) is 21.8. The summed E-state index contributed by atoms with van der Waals surface area (Å²) in [4.78, 5) is 59.9. The van der Waals surface area contributed by atoms with Crippen LogP contribution in [0.1, 0.15) is 74.9 Å². The fourth-order valence-electron chi connectivity index (χ4n) is 8.76. The summed E-state index contributed by atoms with van der Waals surface area (Å²) in [6.45, 7) is 10.8. The molecule has 3 aliphatic carbocycles. The molecule has 3 amide bonds. The molecule has 0 aromatic heterocycles. The third-order valence-electron chi connectivity index (χ3n) is 12.2. The van der Waals surface area contributed by atoms with E-state index < -0.39 is 30.1 Å². The number of esters is 1. The van der Waals surface area contributed by atoms with Gasteiger partial charge in [-0.3, -0.25) is 24.0 Å². The van der Waals surface area contributed by atoms with Crippen molar-refractivity contribution < 1.29 is 33.9 Å². The Hall–Kier alpha value is -4.00. The molecule has 1 aliphatic heterocycles. The molecule has 4 N–H and O–H groups in total. The van der Waals surface area contributed by atoms with Gasteiger partial charge in [0.05, 0.1) is 26.2 Å². The van der Waals surface area contributed by atoms with Gasteiger partial charge in [-0.15, -0.1) is 0 Å². The average Bonchev–Trinajstić information content (AvgIpc) is 3.48. The van der Waals surface area contributed by atoms with E-state index in [0.29, 0.717) is 23.3 Å². The number of amides is 3. The summed E-state index contributed by atoms with van der Waals surface area (Å²) in [6.07, 6.45) is 0.357. The van der Waals surface area contributed by atoms with Crippen molar-refractivity contribution in [3.05, 3.63) is 53.1 Å². The molecule has 284 valence electrons. The Morgan fingerprint density at radius 1 is 1.12 bits per heavy atom. The first kappa shape index (κ1) is 39.2. The first-order valence-corrected chi connectivity index (χ1v) is 18.5. The topological polar surface area (TPSA) is 150 Å². The lowest BCUT2D eigenvalue weighted by Gasteiger charge is -2.62. The van der Waals surface area contributed by atoms with Crippen LogP contribution in [0, 0.1) is 36.0 Å². The molecule has 2 bridgehead atoms. The highest BCUT2D eigenvalue weighted by Gasteiger charge is 2.57. The zero-order valence-electron chi connectivity index (χ0n) is 32.1. The number of aliphatic hydroxyl groups is 1. The quantitative estimate of drug-likeness (QED) is 0.227. The number of aliphatic hydroxyl groups excluding tert-OH is 1. The van der Waals surface area contributed by atoms with E-state index in [1.54, 1.807) is 19.0 Å². The Labute approximate surface area is 307 Å². The zero-order chi connectivity index (χ0) is 38.1. The lowest BCUT2D eigenvalue weighted by atomic mass is 9.45. The van der Waals surface area contributed by atoms with Gasteiger partial charge in [0.15, 0.2) is 0 Å². The number of benzene rings is 2. The Morgan fingerprint density at radius 2 is 1.85 bits per heavy atom. The number of hydrogen-bond acceptors (Lipinski definition) is 9. The number of rotatable bonds is 13. The van der Waals surface area contributed by atoms with Crippen molar-refractivity contribution in [2.75, 3.05) is 39.7 Å². The van der Waals surface area contributed by atoms with Gasteiger partial charge in [0, 0.05) is 57.3 Å². The molecular weight excluding hydrogens is 662 g/mol. The highest BCUT2D eigenvalue weighted by atomic mass is 16.7. The molecule has 52 heavy (non-hydrogen) atoms. The molecule has 4 fully saturated rings. The van der Waals surface area contributed by atoms with Gasteiger partial charge in [0.1, 0.15) is 12.1 Å². The maximum absolute atomic E-state index is 14.4. The molecule has 6 rings (SSSR count). The number of carbonyl (C=O) groups is 4. The molecule has 12 heteroatoms. The van der Waals surface area contributed by atoms with Crippen molar-refractivity contribution in [1.29, 1.82) is 0 Å². The van der Waals surface area contributed by atoms with E-state index in [-0.39, 0.29) is 55.1 Å². The van der Waals surface area contributed by atoms with Gasteiger partial charge < -0.3 is 30.7 Å². The molecule has 2 aromatic rings. The van der Waals surface area contributed by atoms with Crippen LogP contribution in [-0.2, 0) is 30.5 Å². The zero-order valence-corrected chi connectivity index (χ0v) is 32.1. The number of nitrogens with zero attached hydrogens (tertiary/aromatic N) is 2. The Kier molecular flexibility index (Phi) is 12.0. The number of hydroxylamine groups is 2. The molecule has 0 radical (unpaired) electrons. The number of anilines is 1. The van der Waals surface area contributed by atoms with E-state index in [1.807, 2.05) is 62.3 Å². The van der Waals surface area contributed by atoms with Crippen molar-refractivity contribution in [1.82, 2.24) is 21.0 Å². The SMILES string of the molecule is CNC(=O)c1cc(-c2cccc(CN3O[C@@H](CNC(=O)CCC(=O)OC)[C@@H]([C@H](C)O)[C@H]3C(=O)N[C@H]3C[C@H]4C[C@@H]([C@@H]3C)C4(C)C)c2C)cc(N(C)C)c1. The Balaban J connectivity index is 1.44. The van der Waals surface area contributed by atoms with Crippen molar-refractivity contribution >= 4 is 29.4 Å². The van der Waals surface area contributed by atoms with E-state index in [2.05, 4.69) is 41.5 Å².